The Morgan fingerprint density at radius 1 is 1.36 bits per heavy atom. The largest absolute Gasteiger partial charge is 0.329 e. The fourth-order valence-electron chi connectivity index (χ4n) is 2.26. The average molecular weight is 251 g/mol. The molecule has 72 valence electrons. The predicted molar refractivity (Wildman–Crippen MR) is 61.2 cm³/mol. The van der Waals surface area contributed by atoms with Gasteiger partial charge in [0.2, 0.25) is 0 Å². The number of hydrogen-bond acceptors (Lipinski definition) is 1. The van der Waals surface area contributed by atoms with Crippen molar-refractivity contribution < 1.29 is 0 Å². The van der Waals surface area contributed by atoms with Crippen LogP contribution in [0.25, 0.3) is 10.9 Å². The first kappa shape index (κ1) is 8.50. The summed E-state index contributed by atoms with van der Waals surface area (Å²) in [5.41, 5.74) is 8.67. The molecule has 0 saturated carbocycles. The summed E-state index contributed by atoms with van der Waals surface area (Å²) in [5, 5.41) is 1.29. The van der Waals surface area contributed by atoms with Gasteiger partial charge in [-0.2, -0.15) is 0 Å². The minimum atomic E-state index is 0.164. The second-order valence-corrected chi connectivity index (χ2v) is 4.73. The molecule has 0 saturated heterocycles. The molecule has 3 heteroatoms. The van der Waals surface area contributed by atoms with Crippen molar-refractivity contribution in [1.82, 2.24) is 4.57 Å². The predicted octanol–water partition coefficient (Wildman–Crippen LogP) is 2.81. The van der Waals surface area contributed by atoms with Gasteiger partial charge in [0.25, 0.3) is 0 Å². The van der Waals surface area contributed by atoms with Crippen molar-refractivity contribution >= 4 is 26.8 Å². The highest BCUT2D eigenvalue weighted by Gasteiger charge is 2.20. The molecule has 0 spiro atoms. The molecule has 1 aliphatic heterocycles. The Morgan fingerprint density at radius 3 is 3.07 bits per heavy atom. The summed E-state index contributed by atoms with van der Waals surface area (Å²) in [4.78, 5) is 0. The second-order valence-electron chi connectivity index (χ2n) is 3.81. The Morgan fingerprint density at radius 2 is 2.21 bits per heavy atom. The summed E-state index contributed by atoms with van der Waals surface area (Å²) < 4.78 is 3.37. The molecule has 3 rings (SSSR count). The lowest BCUT2D eigenvalue weighted by atomic mass is 10.2. The third-order valence-corrected chi connectivity index (χ3v) is 3.40. The van der Waals surface area contributed by atoms with E-state index in [9.17, 15) is 0 Å². The molecule has 2 nitrogen and oxygen atoms in total. The van der Waals surface area contributed by atoms with Gasteiger partial charge in [-0.25, -0.2) is 0 Å². The van der Waals surface area contributed by atoms with Crippen molar-refractivity contribution in [2.75, 3.05) is 0 Å². The zero-order valence-corrected chi connectivity index (χ0v) is 9.29. The van der Waals surface area contributed by atoms with Crippen molar-refractivity contribution in [3.63, 3.8) is 0 Å². The lowest BCUT2D eigenvalue weighted by Gasteiger charge is -2.08. The molecule has 1 aromatic heterocycles. The van der Waals surface area contributed by atoms with Crippen molar-refractivity contribution in [3.05, 3.63) is 34.4 Å². The van der Waals surface area contributed by atoms with E-state index in [-0.39, 0.29) is 6.17 Å². The number of rotatable bonds is 0. The fourth-order valence-corrected chi connectivity index (χ4v) is 2.61. The minimum absolute atomic E-state index is 0.164. The Balaban J connectivity index is 2.38. The number of halogens is 1. The number of nitrogens with zero attached hydrogens (tertiary/aromatic N) is 1. The molecule has 2 heterocycles. The molecular weight excluding hydrogens is 240 g/mol. The summed E-state index contributed by atoms with van der Waals surface area (Å²) in [6, 6.07) is 8.60. The highest BCUT2D eigenvalue weighted by molar-refractivity contribution is 9.10. The number of benzene rings is 1. The van der Waals surface area contributed by atoms with Crippen LogP contribution >= 0.6 is 15.9 Å². The zero-order valence-electron chi connectivity index (χ0n) is 7.70. The molecule has 14 heavy (non-hydrogen) atoms. The molecule has 0 amide bonds. The molecule has 1 aromatic carbocycles. The van der Waals surface area contributed by atoms with E-state index >= 15 is 0 Å². The van der Waals surface area contributed by atoms with Gasteiger partial charge >= 0.3 is 0 Å². The summed E-state index contributed by atoms with van der Waals surface area (Å²) in [6.45, 7) is 0. The van der Waals surface area contributed by atoms with Crippen LogP contribution in [0, 0.1) is 0 Å². The van der Waals surface area contributed by atoms with Gasteiger partial charge in [-0.1, -0.05) is 22.0 Å². The summed E-state index contributed by atoms with van der Waals surface area (Å²) in [7, 11) is 0. The normalized spacial score (nSPS) is 20.3. The van der Waals surface area contributed by atoms with Crippen LogP contribution in [0.2, 0.25) is 0 Å². The number of fused-ring (bicyclic) bond motifs is 3. The second kappa shape index (κ2) is 2.84. The van der Waals surface area contributed by atoms with Crippen LogP contribution in [0.5, 0.6) is 0 Å². The first-order valence-corrected chi connectivity index (χ1v) is 5.60. The molecule has 1 aliphatic rings. The van der Waals surface area contributed by atoms with E-state index < -0.39 is 0 Å². The van der Waals surface area contributed by atoms with Crippen molar-refractivity contribution in [3.8, 4) is 0 Å². The molecule has 1 unspecified atom stereocenters. The van der Waals surface area contributed by atoms with Crippen LogP contribution in [-0.2, 0) is 6.42 Å². The van der Waals surface area contributed by atoms with Crippen LogP contribution in [0.15, 0.2) is 28.7 Å². The standard InChI is InChI=1S/C11H11BrN2/c12-8-2-1-7-5-9-3-4-11(13)14(9)10(7)6-8/h1-2,5-6,11H,3-4,13H2. The Hall–Kier alpha value is -0.800. The number of nitrogens with two attached hydrogens (primary N) is 1. The maximum atomic E-state index is 6.05. The van der Waals surface area contributed by atoms with Gasteiger partial charge in [-0.05, 0) is 36.4 Å². The number of aromatic nitrogens is 1. The highest BCUT2D eigenvalue weighted by Crippen LogP contribution is 2.31. The van der Waals surface area contributed by atoms with Crippen LogP contribution < -0.4 is 5.73 Å². The fraction of sp³-hybridized carbons (Fsp3) is 0.273. The average Bonchev–Trinajstić information content (AvgIpc) is 2.67. The Labute approximate surface area is 90.8 Å². The molecule has 0 bridgehead atoms. The SMILES string of the molecule is NC1CCc2cc3ccc(Br)cc3n21. The lowest BCUT2D eigenvalue weighted by Crippen LogP contribution is -2.13. The van der Waals surface area contributed by atoms with E-state index in [0.29, 0.717) is 0 Å². The van der Waals surface area contributed by atoms with Crippen LogP contribution in [-0.4, -0.2) is 4.57 Å². The molecule has 0 radical (unpaired) electrons. The van der Waals surface area contributed by atoms with E-state index in [1.54, 1.807) is 0 Å². The summed E-state index contributed by atoms with van der Waals surface area (Å²) >= 11 is 3.49. The maximum Gasteiger partial charge on any atom is 0.0821 e. The van der Waals surface area contributed by atoms with E-state index in [1.165, 1.54) is 16.6 Å². The van der Waals surface area contributed by atoms with Crippen molar-refractivity contribution in [2.45, 2.75) is 19.0 Å². The van der Waals surface area contributed by atoms with Gasteiger partial charge in [0.05, 0.1) is 11.7 Å². The van der Waals surface area contributed by atoms with Gasteiger partial charge in [0.15, 0.2) is 0 Å². The van der Waals surface area contributed by atoms with Crippen molar-refractivity contribution in [1.29, 1.82) is 0 Å². The molecular formula is C11H11BrN2. The smallest absolute Gasteiger partial charge is 0.0821 e. The maximum absolute atomic E-state index is 6.05. The van der Waals surface area contributed by atoms with Gasteiger partial charge < -0.3 is 10.3 Å². The van der Waals surface area contributed by atoms with Gasteiger partial charge in [-0.15, -0.1) is 0 Å². The first-order valence-electron chi connectivity index (χ1n) is 4.80. The highest BCUT2D eigenvalue weighted by atomic mass is 79.9. The quantitative estimate of drug-likeness (QED) is 0.766. The topological polar surface area (TPSA) is 30.9 Å². The van der Waals surface area contributed by atoms with E-state index in [0.717, 1.165) is 17.3 Å². The summed E-state index contributed by atoms with van der Waals surface area (Å²) in [5.74, 6) is 0. The first-order chi connectivity index (χ1) is 6.75. The van der Waals surface area contributed by atoms with Gasteiger partial charge in [-0.3, -0.25) is 0 Å². The van der Waals surface area contributed by atoms with E-state index in [2.05, 4.69) is 44.8 Å². The zero-order chi connectivity index (χ0) is 9.71. The number of aryl methyl sites for hydroxylation is 1. The van der Waals surface area contributed by atoms with Crippen molar-refractivity contribution in [2.24, 2.45) is 5.73 Å². The third kappa shape index (κ3) is 1.06. The van der Waals surface area contributed by atoms with Crippen LogP contribution in [0.3, 0.4) is 0 Å². The number of hydrogen-bond donors (Lipinski definition) is 1. The van der Waals surface area contributed by atoms with Gasteiger partial charge in [0.1, 0.15) is 0 Å². The molecule has 1 atom stereocenters. The Bertz CT molecular complexity index is 501. The molecule has 2 aromatic rings. The Kier molecular flexibility index (Phi) is 1.73. The molecule has 0 fully saturated rings. The van der Waals surface area contributed by atoms with E-state index in [4.69, 9.17) is 5.73 Å². The third-order valence-electron chi connectivity index (χ3n) is 2.91. The van der Waals surface area contributed by atoms with Crippen LogP contribution in [0.1, 0.15) is 18.3 Å². The molecule has 2 N–H and O–H groups in total. The minimum Gasteiger partial charge on any atom is -0.329 e. The van der Waals surface area contributed by atoms with E-state index in [1.807, 2.05) is 0 Å². The van der Waals surface area contributed by atoms with Crippen LogP contribution in [0.4, 0.5) is 0 Å². The lowest BCUT2D eigenvalue weighted by molar-refractivity contribution is 0.567. The monoisotopic (exact) mass is 250 g/mol. The van der Waals surface area contributed by atoms with Gasteiger partial charge in [0, 0.05) is 10.2 Å². The summed E-state index contributed by atoms with van der Waals surface area (Å²) in [6.07, 6.45) is 2.34. The molecule has 0 aliphatic carbocycles.